The predicted octanol–water partition coefficient (Wildman–Crippen LogP) is 2.89. The van der Waals surface area contributed by atoms with Gasteiger partial charge in [-0.25, -0.2) is 13.1 Å². The Kier molecular flexibility index (Phi) is 6.88. The summed E-state index contributed by atoms with van der Waals surface area (Å²) in [4.78, 5) is 2.85. The molecular weight excluding hydrogens is 368 g/mol. The molecule has 1 atom stereocenters. The van der Waals surface area contributed by atoms with E-state index in [1.807, 2.05) is 31.7 Å². The van der Waals surface area contributed by atoms with Crippen molar-refractivity contribution in [2.45, 2.75) is 44.0 Å². The number of ether oxygens (including phenoxy) is 1. The van der Waals surface area contributed by atoms with Crippen molar-refractivity contribution >= 4 is 21.8 Å². The molecule has 1 N–H and O–H groups in total. The van der Waals surface area contributed by atoms with E-state index in [4.69, 9.17) is 4.74 Å². The van der Waals surface area contributed by atoms with Gasteiger partial charge in [0.25, 0.3) is 0 Å². The molecule has 1 unspecified atom stereocenters. The monoisotopic (exact) mass is 398 g/mol. The Morgan fingerprint density at radius 2 is 2.04 bits per heavy atom. The van der Waals surface area contributed by atoms with Crippen LogP contribution >= 0.6 is 11.8 Å². The number of hydrogen-bond donors (Lipinski definition) is 1. The van der Waals surface area contributed by atoms with Crippen molar-refractivity contribution < 1.29 is 13.2 Å². The Morgan fingerprint density at radius 1 is 1.27 bits per heavy atom. The molecule has 2 aliphatic rings. The van der Waals surface area contributed by atoms with Crippen molar-refractivity contribution in [2.75, 3.05) is 37.7 Å². The standard InChI is InChI=1S/C19H30N2O3S2/c1-3-24-18-5-4-15(2)12-19(18)26(22,23)20-13-16-6-9-21(10-7-16)17-8-11-25-14-17/h4-5,12,16-17,20H,3,6-11,13-14H2,1-2H3. The van der Waals surface area contributed by atoms with E-state index < -0.39 is 10.0 Å². The van der Waals surface area contributed by atoms with Gasteiger partial charge >= 0.3 is 0 Å². The summed E-state index contributed by atoms with van der Waals surface area (Å²) in [5, 5.41) is 0. The third-order valence-corrected chi connectivity index (χ3v) is 7.91. The third-order valence-electron chi connectivity index (χ3n) is 5.32. The van der Waals surface area contributed by atoms with Crippen LogP contribution in [0.15, 0.2) is 23.1 Å². The van der Waals surface area contributed by atoms with Gasteiger partial charge in [-0.05, 0) is 75.6 Å². The van der Waals surface area contributed by atoms with Gasteiger partial charge in [0.2, 0.25) is 10.0 Å². The number of rotatable bonds is 7. The summed E-state index contributed by atoms with van der Waals surface area (Å²) in [7, 11) is -3.56. The molecule has 0 amide bonds. The van der Waals surface area contributed by atoms with Crippen LogP contribution in [0.5, 0.6) is 5.75 Å². The van der Waals surface area contributed by atoms with Gasteiger partial charge in [0.1, 0.15) is 10.6 Å². The van der Waals surface area contributed by atoms with E-state index in [2.05, 4.69) is 9.62 Å². The lowest BCUT2D eigenvalue weighted by atomic mass is 9.96. The van der Waals surface area contributed by atoms with Gasteiger partial charge in [-0.2, -0.15) is 11.8 Å². The molecule has 2 fully saturated rings. The maximum atomic E-state index is 12.8. The molecule has 5 nitrogen and oxygen atoms in total. The zero-order valence-electron chi connectivity index (χ0n) is 15.7. The van der Waals surface area contributed by atoms with E-state index >= 15 is 0 Å². The van der Waals surface area contributed by atoms with Gasteiger partial charge in [-0.15, -0.1) is 0 Å². The summed E-state index contributed by atoms with van der Waals surface area (Å²) in [5.41, 5.74) is 0.913. The number of piperidine rings is 1. The highest BCUT2D eigenvalue weighted by atomic mass is 32.2. The third kappa shape index (κ3) is 4.94. The normalized spacial score (nSPS) is 22.6. The lowest BCUT2D eigenvalue weighted by molar-refractivity contribution is 0.145. The van der Waals surface area contributed by atoms with Crippen LogP contribution in [-0.2, 0) is 10.0 Å². The van der Waals surface area contributed by atoms with Crippen LogP contribution in [-0.4, -0.2) is 57.1 Å². The molecular formula is C19H30N2O3S2. The van der Waals surface area contributed by atoms with Crippen LogP contribution in [0.4, 0.5) is 0 Å². The first-order chi connectivity index (χ1) is 12.5. The quantitative estimate of drug-likeness (QED) is 0.765. The van der Waals surface area contributed by atoms with Gasteiger partial charge in [0, 0.05) is 18.3 Å². The van der Waals surface area contributed by atoms with Gasteiger partial charge in [-0.1, -0.05) is 6.07 Å². The van der Waals surface area contributed by atoms with E-state index in [9.17, 15) is 8.42 Å². The summed E-state index contributed by atoms with van der Waals surface area (Å²) in [5.74, 6) is 3.38. The van der Waals surface area contributed by atoms with Gasteiger partial charge in [-0.3, -0.25) is 4.90 Å². The molecule has 0 aromatic heterocycles. The van der Waals surface area contributed by atoms with Crippen molar-refractivity contribution in [1.29, 1.82) is 0 Å². The molecule has 2 aliphatic heterocycles. The molecule has 26 heavy (non-hydrogen) atoms. The highest BCUT2D eigenvalue weighted by molar-refractivity contribution is 7.99. The highest BCUT2D eigenvalue weighted by Gasteiger charge is 2.28. The number of nitrogens with zero attached hydrogens (tertiary/aromatic N) is 1. The minimum Gasteiger partial charge on any atom is -0.492 e. The topological polar surface area (TPSA) is 58.6 Å². The summed E-state index contributed by atoms with van der Waals surface area (Å²) in [6, 6.07) is 6.04. The largest absolute Gasteiger partial charge is 0.492 e. The molecule has 3 rings (SSSR count). The number of sulfonamides is 1. The summed E-state index contributed by atoms with van der Waals surface area (Å²) in [6.45, 7) is 6.89. The average Bonchev–Trinajstić information content (AvgIpc) is 3.17. The smallest absolute Gasteiger partial charge is 0.244 e. The Morgan fingerprint density at radius 3 is 2.69 bits per heavy atom. The maximum Gasteiger partial charge on any atom is 0.244 e. The number of benzene rings is 1. The highest BCUT2D eigenvalue weighted by Crippen LogP contribution is 2.28. The first-order valence-electron chi connectivity index (χ1n) is 9.54. The first kappa shape index (κ1) is 20.0. The average molecular weight is 399 g/mol. The molecule has 7 heteroatoms. The van der Waals surface area contributed by atoms with Crippen LogP contribution < -0.4 is 9.46 Å². The van der Waals surface area contributed by atoms with Crippen LogP contribution in [0.2, 0.25) is 0 Å². The van der Waals surface area contributed by atoms with Crippen molar-refractivity contribution in [2.24, 2.45) is 5.92 Å². The number of hydrogen-bond acceptors (Lipinski definition) is 5. The molecule has 0 spiro atoms. The van der Waals surface area contributed by atoms with Crippen molar-refractivity contribution in [3.8, 4) is 5.75 Å². The van der Waals surface area contributed by atoms with Gasteiger partial charge in [0.05, 0.1) is 6.61 Å². The van der Waals surface area contributed by atoms with Crippen molar-refractivity contribution in [3.63, 3.8) is 0 Å². The molecule has 1 aromatic rings. The zero-order chi connectivity index (χ0) is 18.6. The Hall–Kier alpha value is -0.760. The first-order valence-corrected chi connectivity index (χ1v) is 12.2. The van der Waals surface area contributed by atoms with Gasteiger partial charge < -0.3 is 4.74 Å². The molecule has 1 aromatic carbocycles. The molecule has 0 bridgehead atoms. The summed E-state index contributed by atoms with van der Waals surface area (Å²) >= 11 is 2.05. The Bertz CT molecular complexity index is 695. The molecule has 2 saturated heterocycles. The van der Waals surface area contributed by atoms with E-state index in [0.717, 1.165) is 37.5 Å². The Balaban J connectivity index is 1.56. The fourth-order valence-corrected chi connectivity index (χ4v) is 6.34. The number of nitrogens with one attached hydrogen (secondary N) is 1. The second-order valence-electron chi connectivity index (χ2n) is 7.23. The Labute approximate surface area is 161 Å². The SMILES string of the molecule is CCOc1ccc(C)cc1S(=O)(=O)NCC1CCN(C2CCSC2)CC1. The van der Waals surface area contributed by atoms with E-state index in [-0.39, 0.29) is 4.90 Å². The minimum atomic E-state index is -3.56. The lowest BCUT2D eigenvalue weighted by Gasteiger charge is -2.35. The van der Waals surface area contributed by atoms with E-state index in [1.54, 1.807) is 12.1 Å². The van der Waals surface area contributed by atoms with Crippen molar-refractivity contribution in [1.82, 2.24) is 9.62 Å². The van der Waals surface area contributed by atoms with Crippen LogP contribution in [0.3, 0.4) is 0 Å². The van der Waals surface area contributed by atoms with E-state index in [1.165, 1.54) is 17.9 Å². The zero-order valence-corrected chi connectivity index (χ0v) is 17.4. The molecule has 146 valence electrons. The summed E-state index contributed by atoms with van der Waals surface area (Å²) in [6.07, 6.45) is 3.43. The molecule has 0 aliphatic carbocycles. The summed E-state index contributed by atoms with van der Waals surface area (Å²) < 4.78 is 33.9. The lowest BCUT2D eigenvalue weighted by Crippen LogP contribution is -2.43. The fraction of sp³-hybridized carbons (Fsp3) is 0.684. The van der Waals surface area contributed by atoms with Gasteiger partial charge in [0.15, 0.2) is 0 Å². The predicted molar refractivity (Wildman–Crippen MR) is 108 cm³/mol. The van der Waals surface area contributed by atoms with Crippen LogP contribution in [0, 0.1) is 12.8 Å². The second kappa shape index (κ2) is 8.95. The maximum absolute atomic E-state index is 12.8. The van der Waals surface area contributed by atoms with E-state index in [0.29, 0.717) is 24.8 Å². The number of aryl methyl sites for hydroxylation is 1. The number of thioether (sulfide) groups is 1. The fourth-order valence-electron chi connectivity index (χ4n) is 3.74. The molecule has 0 radical (unpaired) electrons. The molecule has 0 saturated carbocycles. The van der Waals surface area contributed by atoms with Crippen LogP contribution in [0.1, 0.15) is 31.7 Å². The van der Waals surface area contributed by atoms with Crippen molar-refractivity contribution in [3.05, 3.63) is 23.8 Å². The number of likely N-dealkylation sites (tertiary alicyclic amines) is 1. The second-order valence-corrected chi connectivity index (χ2v) is 10.1. The van der Waals surface area contributed by atoms with Crippen LogP contribution in [0.25, 0.3) is 0 Å². The molecule has 2 heterocycles. The minimum absolute atomic E-state index is 0.250.